The molecule has 0 aromatic carbocycles. The van der Waals surface area contributed by atoms with Crippen LogP contribution in [0.25, 0.3) is 0 Å². The summed E-state index contributed by atoms with van der Waals surface area (Å²) < 4.78 is -0.863. The van der Waals surface area contributed by atoms with Crippen LogP contribution < -0.4 is 5.32 Å². The third-order valence-corrected chi connectivity index (χ3v) is 5.45. The SMILES string of the molecule is CC1CCN(CCNC(=O)[C@]2(C)CC2(Cl)Cl)CC1. The van der Waals surface area contributed by atoms with Gasteiger partial charge in [0, 0.05) is 13.1 Å². The zero-order chi connectivity index (χ0) is 13.4. The molecule has 0 unspecified atom stereocenters. The van der Waals surface area contributed by atoms with Gasteiger partial charge >= 0.3 is 0 Å². The highest BCUT2D eigenvalue weighted by atomic mass is 35.5. The minimum absolute atomic E-state index is 0.0159. The van der Waals surface area contributed by atoms with Gasteiger partial charge in [-0.25, -0.2) is 0 Å². The Balaban J connectivity index is 1.66. The normalized spacial score (nSPS) is 32.2. The van der Waals surface area contributed by atoms with Crippen molar-refractivity contribution in [3.8, 4) is 0 Å². The van der Waals surface area contributed by atoms with E-state index in [1.54, 1.807) is 0 Å². The van der Waals surface area contributed by atoms with Crippen LogP contribution >= 0.6 is 23.2 Å². The van der Waals surface area contributed by atoms with Crippen LogP contribution in [0, 0.1) is 11.3 Å². The molecule has 1 saturated heterocycles. The van der Waals surface area contributed by atoms with E-state index >= 15 is 0 Å². The molecule has 1 aliphatic heterocycles. The number of hydrogen-bond donors (Lipinski definition) is 1. The zero-order valence-corrected chi connectivity index (χ0v) is 12.7. The van der Waals surface area contributed by atoms with Crippen LogP contribution in [0.5, 0.6) is 0 Å². The van der Waals surface area contributed by atoms with Crippen LogP contribution in [-0.2, 0) is 4.79 Å². The van der Waals surface area contributed by atoms with Crippen molar-refractivity contribution in [3.05, 3.63) is 0 Å². The summed E-state index contributed by atoms with van der Waals surface area (Å²) >= 11 is 12.0. The van der Waals surface area contributed by atoms with Gasteiger partial charge in [-0.2, -0.15) is 0 Å². The minimum Gasteiger partial charge on any atom is -0.354 e. The molecule has 1 atom stereocenters. The Bertz CT molecular complexity index is 327. The Morgan fingerprint density at radius 1 is 1.39 bits per heavy atom. The third kappa shape index (κ3) is 2.94. The average Bonchev–Trinajstić information content (AvgIpc) is 2.82. The number of hydrogen-bond acceptors (Lipinski definition) is 2. The number of rotatable bonds is 4. The first-order valence-electron chi connectivity index (χ1n) is 6.74. The topological polar surface area (TPSA) is 32.3 Å². The van der Waals surface area contributed by atoms with Gasteiger partial charge in [-0.3, -0.25) is 4.79 Å². The highest BCUT2D eigenvalue weighted by Gasteiger charge is 2.67. The Morgan fingerprint density at radius 2 is 1.94 bits per heavy atom. The molecule has 2 aliphatic rings. The van der Waals surface area contributed by atoms with E-state index in [-0.39, 0.29) is 5.91 Å². The molecule has 1 amide bonds. The summed E-state index contributed by atoms with van der Waals surface area (Å²) in [5, 5.41) is 2.95. The first-order valence-corrected chi connectivity index (χ1v) is 7.49. The first kappa shape index (κ1) is 14.4. The van der Waals surface area contributed by atoms with Gasteiger partial charge in [-0.15, -0.1) is 23.2 Å². The summed E-state index contributed by atoms with van der Waals surface area (Å²) in [5.41, 5.74) is -0.591. The summed E-state index contributed by atoms with van der Waals surface area (Å²) in [6.07, 6.45) is 3.08. The maximum absolute atomic E-state index is 11.9. The number of carbonyl (C=O) groups is 1. The lowest BCUT2D eigenvalue weighted by molar-refractivity contribution is -0.125. The molecule has 1 aliphatic carbocycles. The van der Waals surface area contributed by atoms with Crippen molar-refractivity contribution in [2.24, 2.45) is 11.3 Å². The van der Waals surface area contributed by atoms with Crippen LogP contribution in [-0.4, -0.2) is 41.3 Å². The fourth-order valence-corrected chi connectivity index (χ4v) is 3.16. The lowest BCUT2D eigenvalue weighted by atomic mass is 9.99. The molecule has 0 spiro atoms. The first-order chi connectivity index (χ1) is 8.35. The Kier molecular flexibility index (Phi) is 4.15. The molecule has 3 nitrogen and oxygen atoms in total. The van der Waals surface area contributed by atoms with Gasteiger partial charge in [0.2, 0.25) is 5.91 Å². The number of likely N-dealkylation sites (tertiary alicyclic amines) is 1. The average molecular weight is 293 g/mol. The fourth-order valence-electron chi connectivity index (χ4n) is 2.45. The molecular weight excluding hydrogens is 271 g/mol. The quantitative estimate of drug-likeness (QED) is 0.807. The number of nitrogens with one attached hydrogen (secondary N) is 1. The molecule has 104 valence electrons. The molecule has 2 rings (SSSR count). The maximum atomic E-state index is 11.9. The van der Waals surface area contributed by atoms with Gasteiger partial charge in [0.05, 0.1) is 5.41 Å². The van der Waals surface area contributed by atoms with E-state index in [4.69, 9.17) is 23.2 Å². The standard InChI is InChI=1S/C13H22Cl2N2O/c1-10-3-6-17(7-4-10)8-5-16-11(18)12(2)9-13(12,14)15/h10H,3-9H2,1-2H3,(H,16,18)/t12-/m0/s1. The molecule has 0 radical (unpaired) electrons. The van der Waals surface area contributed by atoms with Crippen LogP contribution in [0.4, 0.5) is 0 Å². The van der Waals surface area contributed by atoms with E-state index in [0.717, 1.165) is 25.6 Å². The Morgan fingerprint density at radius 3 is 2.44 bits per heavy atom. The van der Waals surface area contributed by atoms with Crippen LogP contribution in [0.1, 0.15) is 33.1 Å². The molecular formula is C13H22Cl2N2O. The molecule has 1 heterocycles. The molecule has 5 heteroatoms. The van der Waals surface area contributed by atoms with Gasteiger partial charge in [-0.05, 0) is 45.2 Å². The summed E-state index contributed by atoms with van der Waals surface area (Å²) in [5.74, 6) is 0.826. The molecule has 0 aromatic rings. The second kappa shape index (κ2) is 5.18. The van der Waals surface area contributed by atoms with E-state index in [1.165, 1.54) is 12.8 Å². The lowest BCUT2D eigenvalue weighted by Crippen LogP contribution is -2.41. The molecule has 0 aromatic heterocycles. The summed E-state index contributed by atoms with van der Waals surface area (Å²) in [6.45, 7) is 8.02. The van der Waals surface area contributed by atoms with E-state index < -0.39 is 9.75 Å². The minimum atomic E-state index is -0.863. The lowest BCUT2D eigenvalue weighted by Gasteiger charge is -2.30. The van der Waals surface area contributed by atoms with E-state index in [9.17, 15) is 4.79 Å². The number of amides is 1. The highest BCUT2D eigenvalue weighted by molar-refractivity contribution is 6.53. The Labute approximate surface area is 119 Å². The van der Waals surface area contributed by atoms with Gasteiger partial charge in [0.1, 0.15) is 4.33 Å². The van der Waals surface area contributed by atoms with Gasteiger partial charge in [-0.1, -0.05) is 6.92 Å². The van der Waals surface area contributed by atoms with Gasteiger partial charge in [0.25, 0.3) is 0 Å². The molecule has 1 N–H and O–H groups in total. The smallest absolute Gasteiger partial charge is 0.229 e. The van der Waals surface area contributed by atoms with Crippen molar-refractivity contribution in [1.29, 1.82) is 0 Å². The maximum Gasteiger partial charge on any atom is 0.229 e. The predicted molar refractivity (Wildman–Crippen MR) is 75.0 cm³/mol. The van der Waals surface area contributed by atoms with Crippen molar-refractivity contribution in [2.45, 2.75) is 37.4 Å². The summed E-state index contributed by atoms with van der Waals surface area (Å²) in [6, 6.07) is 0. The second-order valence-electron chi connectivity index (χ2n) is 5.99. The fraction of sp³-hybridized carbons (Fsp3) is 0.923. The van der Waals surface area contributed by atoms with Crippen molar-refractivity contribution in [3.63, 3.8) is 0 Å². The van der Waals surface area contributed by atoms with Gasteiger partial charge in [0.15, 0.2) is 0 Å². The van der Waals surface area contributed by atoms with E-state index in [1.807, 2.05) is 6.92 Å². The van der Waals surface area contributed by atoms with E-state index in [0.29, 0.717) is 13.0 Å². The van der Waals surface area contributed by atoms with E-state index in [2.05, 4.69) is 17.1 Å². The monoisotopic (exact) mass is 292 g/mol. The second-order valence-corrected chi connectivity index (χ2v) is 7.48. The van der Waals surface area contributed by atoms with Crippen molar-refractivity contribution in [2.75, 3.05) is 26.2 Å². The predicted octanol–water partition coefficient (Wildman–Crippen LogP) is 2.42. The van der Waals surface area contributed by atoms with Crippen molar-refractivity contribution >= 4 is 29.1 Å². The molecule has 2 fully saturated rings. The van der Waals surface area contributed by atoms with Crippen LogP contribution in [0.15, 0.2) is 0 Å². The number of carbonyl (C=O) groups excluding carboxylic acids is 1. The Hall–Kier alpha value is 0.01000. The van der Waals surface area contributed by atoms with Crippen molar-refractivity contribution in [1.82, 2.24) is 10.2 Å². The summed E-state index contributed by atoms with van der Waals surface area (Å²) in [4.78, 5) is 14.3. The number of piperidine rings is 1. The number of halogens is 2. The number of nitrogens with zero attached hydrogens (tertiary/aromatic N) is 1. The molecule has 18 heavy (non-hydrogen) atoms. The third-order valence-electron chi connectivity index (χ3n) is 4.35. The van der Waals surface area contributed by atoms with Crippen LogP contribution in [0.2, 0.25) is 0 Å². The molecule has 1 saturated carbocycles. The largest absolute Gasteiger partial charge is 0.354 e. The van der Waals surface area contributed by atoms with Gasteiger partial charge < -0.3 is 10.2 Å². The summed E-state index contributed by atoms with van der Waals surface area (Å²) in [7, 11) is 0. The van der Waals surface area contributed by atoms with Crippen molar-refractivity contribution < 1.29 is 4.79 Å². The zero-order valence-electron chi connectivity index (χ0n) is 11.1. The highest BCUT2D eigenvalue weighted by Crippen LogP contribution is 2.63. The van der Waals surface area contributed by atoms with Crippen LogP contribution in [0.3, 0.4) is 0 Å². The molecule has 0 bridgehead atoms. The number of alkyl halides is 2.